The summed E-state index contributed by atoms with van der Waals surface area (Å²) in [5.41, 5.74) is 0.485. The van der Waals surface area contributed by atoms with Crippen LogP contribution in [0.5, 0.6) is 0 Å². The lowest BCUT2D eigenvalue weighted by Crippen LogP contribution is -2.16. The first kappa shape index (κ1) is 15.4. The molecular weight excluding hydrogens is 408 g/mol. The maximum atomic E-state index is 12.3. The van der Waals surface area contributed by atoms with E-state index in [-0.39, 0.29) is 5.91 Å². The topological polar surface area (TPSA) is 66.9 Å². The lowest BCUT2D eigenvalue weighted by Gasteiger charge is -2.10. The Hall–Kier alpha value is -0.990. The number of carbonyl (C=O) groups excluding carboxylic acids is 1. The molecule has 20 heavy (non-hydrogen) atoms. The molecule has 106 valence electrons. The van der Waals surface area contributed by atoms with Crippen LogP contribution in [-0.2, 0) is 0 Å². The summed E-state index contributed by atoms with van der Waals surface area (Å²) in [6.45, 7) is 2.82. The molecular formula is C12H12Br2N4OS. The zero-order valence-corrected chi connectivity index (χ0v) is 14.6. The number of aromatic nitrogens is 2. The van der Waals surface area contributed by atoms with E-state index in [1.54, 1.807) is 18.5 Å². The molecule has 0 spiro atoms. The molecule has 2 rings (SSSR count). The van der Waals surface area contributed by atoms with Crippen molar-refractivity contribution in [3.8, 4) is 0 Å². The number of hydrogen-bond acceptors (Lipinski definition) is 5. The lowest BCUT2D eigenvalue weighted by molar-refractivity contribution is 0.102. The van der Waals surface area contributed by atoms with Crippen molar-refractivity contribution in [2.24, 2.45) is 0 Å². The van der Waals surface area contributed by atoms with Crippen molar-refractivity contribution in [3.63, 3.8) is 0 Å². The normalized spacial score (nSPS) is 10.3. The van der Waals surface area contributed by atoms with Gasteiger partial charge in [-0.15, -0.1) is 0 Å². The van der Waals surface area contributed by atoms with Gasteiger partial charge in [0, 0.05) is 17.2 Å². The Morgan fingerprint density at radius 1 is 1.35 bits per heavy atom. The van der Waals surface area contributed by atoms with Crippen molar-refractivity contribution in [1.82, 2.24) is 9.97 Å². The van der Waals surface area contributed by atoms with Gasteiger partial charge >= 0.3 is 0 Å². The molecule has 8 heteroatoms. The predicted octanol–water partition coefficient (Wildman–Crippen LogP) is 4.14. The Bertz CT molecular complexity index is 617. The van der Waals surface area contributed by atoms with Gasteiger partial charge in [0.25, 0.3) is 5.91 Å². The molecule has 0 radical (unpaired) electrons. The van der Waals surface area contributed by atoms with Crippen LogP contribution in [0.3, 0.4) is 0 Å². The molecule has 0 aliphatic rings. The number of hydrogen-bond donors (Lipinski definition) is 2. The molecule has 5 nitrogen and oxygen atoms in total. The number of anilines is 2. The molecule has 0 aliphatic carbocycles. The zero-order valence-electron chi connectivity index (χ0n) is 10.6. The van der Waals surface area contributed by atoms with Gasteiger partial charge in [-0.3, -0.25) is 10.1 Å². The Morgan fingerprint density at radius 2 is 2.15 bits per heavy atom. The van der Waals surface area contributed by atoms with E-state index in [0.29, 0.717) is 16.5 Å². The Labute approximate surface area is 137 Å². The van der Waals surface area contributed by atoms with Crippen LogP contribution in [-0.4, -0.2) is 22.4 Å². The SMILES string of the molecule is CCCNc1ncc(Br)cc1C(=O)Nc1ncc(Br)s1. The van der Waals surface area contributed by atoms with E-state index in [4.69, 9.17) is 0 Å². The highest BCUT2D eigenvalue weighted by atomic mass is 79.9. The van der Waals surface area contributed by atoms with Crippen LogP contribution in [0, 0.1) is 0 Å². The van der Waals surface area contributed by atoms with E-state index in [1.165, 1.54) is 11.3 Å². The average Bonchev–Trinajstić information content (AvgIpc) is 2.82. The number of nitrogens with one attached hydrogen (secondary N) is 2. The molecule has 0 bridgehead atoms. The van der Waals surface area contributed by atoms with Crippen molar-refractivity contribution in [3.05, 3.63) is 32.3 Å². The zero-order chi connectivity index (χ0) is 14.5. The van der Waals surface area contributed by atoms with Crippen LogP contribution >= 0.6 is 43.2 Å². The maximum absolute atomic E-state index is 12.3. The van der Waals surface area contributed by atoms with Gasteiger partial charge in [-0.25, -0.2) is 9.97 Å². The molecule has 2 heterocycles. The molecule has 0 fully saturated rings. The first-order valence-electron chi connectivity index (χ1n) is 5.92. The number of rotatable bonds is 5. The minimum atomic E-state index is -0.237. The quantitative estimate of drug-likeness (QED) is 0.764. The van der Waals surface area contributed by atoms with Crippen molar-refractivity contribution in [2.45, 2.75) is 13.3 Å². The summed E-state index contributed by atoms with van der Waals surface area (Å²) in [5, 5.41) is 6.45. The molecule has 2 N–H and O–H groups in total. The summed E-state index contributed by atoms with van der Waals surface area (Å²) in [6, 6.07) is 1.74. The van der Waals surface area contributed by atoms with E-state index in [0.717, 1.165) is 21.2 Å². The molecule has 0 saturated heterocycles. The predicted molar refractivity (Wildman–Crippen MR) is 88.5 cm³/mol. The van der Waals surface area contributed by atoms with Gasteiger partial charge in [-0.2, -0.15) is 0 Å². The van der Waals surface area contributed by atoms with Gasteiger partial charge in [0.05, 0.1) is 15.5 Å². The highest BCUT2D eigenvalue weighted by Gasteiger charge is 2.15. The third-order valence-corrected chi connectivity index (χ3v) is 4.16. The van der Waals surface area contributed by atoms with Crippen LogP contribution < -0.4 is 10.6 Å². The smallest absolute Gasteiger partial charge is 0.261 e. The second kappa shape index (κ2) is 7.14. The summed E-state index contributed by atoms with van der Waals surface area (Å²) in [5.74, 6) is 0.336. The summed E-state index contributed by atoms with van der Waals surface area (Å²) in [6.07, 6.45) is 4.27. The first-order chi connectivity index (χ1) is 9.60. The van der Waals surface area contributed by atoms with Gasteiger partial charge in [-0.05, 0) is 44.3 Å². The molecule has 0 saturated carbocycles. The Morgan fingerprint density at radius 3 is 2.80 bits per heavy atom. The standard InChI is InChI=1S/C12H12Br2N4OS/c1-2-3-15-10-8(4-7(13)5-16-10)11(19)18-12-17-6-9(14)20-12/h4-6H,2-3H2,1H3,(H,15,16)(H,17,18,19). The van der Waals surface area contributed by atoms with Crippen LogP contribution in [0.4, 0.5) is 10.9 Å². The van der Waals surface area contributed by atoms with Crippen molar-refractivity contribution in [2.75, 3.05) is 17.2 Å². The molecule has 2 aromatic rings. The molecule has 0 atom stereocenters. The number of pyridine rings is 1. The monoisotopic (exact) mass is 418 g/mol. The highest BCUT2D eigenvalue weighted by Crippen LogP contribution is 2.25. The number of halogens is 2. The summed E-state index contributed by atoms with van der Waals surface area (Å²) in [7, 11) is 0. The third-order valence-electron chi connectivity index (χ3n) is 2.34. The number of nitrogens with zero attached hydrogens (tertiary/aromatic N) is 2. The van der Waals surface area contributed by atoms with Crippen molar-refractivity contribution < 1.29 is 4.79 Å². The van der Waals surface area contributed by atoms with E-state index >= 15 is 0 Å². The van der Waals surface area contributed by atoms with E-state index < -0.39 is 0 Å². The summed E-state index contributed by atoms with van der Waals surface area (Å²) < 4.78 is 1.62. The average molecular weight is 420 g/mol. The number of thiazole rings is 1. The van der Waals surface area contributed by atoms with Gasteiger partial charge < -0.3 is 5.32 Å². The summed E-state index contributed by atoms with van der Waals surface area (Å²) in [4.78, 5) is 20.6. The number of carbonyl (C=O) groups is 1. The van der Waals surface area contributed by atoms with Gasteiger partial charge in [0.1, 0.15) is 5.82 Å². The minimum absolute atomic E-state index is 0.237. The van der Waals surface area contributed by atoms with E-state index in [1.807, 2.05) is 0 Å². The lowest BCUT2D eigenvalue weighted by atomic mass is 10.2. The fourth-order valence-electron chi connectivity index (χ4n) is 1.47. The molecule has 0 aromatic carbocycles. The fraction of sp³-hybridized carbons (Fsp3) is 0.250. The van der Waals surface area contributed by atoms with Crippen LogP contribution in [0.2, 0.25) is 0 Å². The highest BCUT2D eigenvalue weighted by molar-refractivity contribution is 9.11. The Balaban J connectivity index is 2.21. The Kier molecular flexibility index (Phi) is 5.50. The largest absolute Gasteiger partial charge is 0.369 e. The molecule has 0 unspecified atom stereocenters. The van der Waals surface area contributed by atoms with Crippen molar-refractivity contribution >= 4 is 60.1 Å². The van der Waals surface area contributed by atoms with Crippen LogP contribution in [0.15, 0.2) is 26.7 Å². The maximum Gasteiger partial charge on any atom is 0.261 e. The summed E-state index contributed by atoms with van der Waals surface area (Å²) >= 11 is 8.00. The first-order valence-corrected chi connectivity index (χ1v) is 8.32. The van der Waals surface area contributed by atoms with E-state index in [9.17, 15) is 4.79 Å². The van der Waals surface area contributed by atoms with E-state index in [2.05, 4.69) is 59.4 Å². The van der Waals surface area contributed by atoms with Gasteiger partial charge in [0.2, 0.25) is 0 Å². The van der Waals surface area contributed by atoms with Gasteiger partial charge in [-0.1, -0.05) is 18.3 Å². The molecule has 0 aliphatic heterocycles. The minimum Gasteiger partial charge on any atom is -0.369 e. The molecule has 1 amide bonds. The second-order valence-electron chi connectivity index (χ2n) is 3.90. The third kappa shape index (κ3) is 4.00. The van der Waals surface area contributed by atoms with Crippen LogP contribution in [0.25, 0.3) is 0 Å². The molecule has 2 aromatic heterocycles. The number of amides is 1. The van der Waals surface area contributed by atoms with Crippen molar-refractivity contribution in [1.29, 1.82) is 0 Å². The van der Waals surface area contributed by atoms with Crippen LogP contribution in [0.1, 0.15) is 23.7 Å². The van der Waals surface area contributed by atoms with Gasteiger partial charge in [0.15, 0.2) is 5.13 Å². The fourth-order valence-corrected chi connectivity index (χ4v) is 2.91. The second-order valence-corrected chi connectivity index (χ2v) is 7.23.